The Morgan fingerprint density at radius 2 is 1.83 bits per heavy atom. The minimum absolute atomic E-state index is 0.169. The molecule has 0 bridgehead atoms. The lowest BCUT2D eigenvalue weighted by molar-refractivity contribution is -0.131. The third kappa shape index (κ3) is 3.81. The maximum Gasteiger partial charge on any atom is 0.227 e. The molecule has 1 amide bonds. The van der Waals surface area contributed by atoms with Crippen molar-refractivity contribution in [2.75, 3.05) is 13.1 Å². The van der Waals surface area contributed by atoms with Gasteiger partial charge in [0, 0.05) is 43.2 Å². The molecule has 1 aliphatic heterocycles. The first-order valence-corrected chi connectivity index (χ1v) is 10.3. The van der Waals surface area contributed by atoms with Crippen LogP contribution in [0, 0.1) is 0 Å². The van der Waals surface area contributed by atoms with Crippen LogP contribution in [0.4, 0.5) is 0 Å². The Balaban J connectivity index is 1.34. The van der Waals surface area contributed by atoms with Gasteiger partial charge in [-0.2, -0.15) is 5.10 Å². The summed E-state index contributed by atoms with van der Waals surface area (Å²) in [7, 11) is 0. The molecule has 5 rings (SSSR count). The number of nitrogens with zero attached hydrogens (tertiary/aromatic N) is 5. The first-order valence-electron chi connectivity index (χ1n) is 10.3. The molecule has 6 nitrogen and oxygen atoms in total. The van der Waals surface area contributed by atoms with Gasteiger partial charge in [-0.3, -0.25) is 9.78 Å². The van der Waals surface area contributed by atoms with E-state index in [-0.39, 0.29) is 11.8 Å². The molecule has 0 N–H and O–H groups in total. The van der Waals surface area contributed by atoms with Gasteiger partial charge >= 0.3 is 0 Å². The number of hydrogen-bond donors (Lipinski definition) is 0. The van der Waals surface area contributed by atoms with Gasteiger partial charge in [0.25, 0.3) is 0 Å². The smallest absolute Gasteiger partial charge is 0.227 e. The molecule has 4 heterocycles. The van der Waals surface area contributed by atoms with Gasteiger partial charge in [-0.25, -0.2) is 9.50 Å². The predicted molar refractivity (Wildman–Crippen MR) is 115 cm³/mol. The van der Waals surface area contributed by atoms with Crippen LogP contribution in [-0.2, 0) is 11.2 Å². The standard InChI is InChI=1S/C24H23N5O/c30-23(15-18-5-2-1-3-6-18)28-14-4-7-21(16-28)24-26-22-9-8-20(17-29(22)27-24)19-10-12-25-13-11-19/h1-3,5-6,8-13,17,21H,4,7,14-16H2/t21-/m1/s1. The van der Waals surface area contributed by atoms with Crippen molar-refractivity contribution in [2.24, 2.45) is 0 Å². The summed E-state index contributed by atoms with van der Waals surface area (Å²) in [6.45, 7) is 1.49. The molecule has 4 aromatic rings. The number of aromatic nitrogens is 4. The van der Waals surface area contributed by atoms with Crippen molar-refractivity contribution in [3.05, 3.63) is 84.6 Å². The molecular weight excluding hydrogens is 374 g/mol. The number of hydrogen-bond acceptors (Lipinski definition) is 4. The number of benzene rings is 1. The fourth-order valence-corrected chi connectivity index (χ4v) is 4.09. The van der Waals surface area contributed by atoms with Crippen LogP contribution in [0.1, 0.15) is 30.1 Å². The SMILES string of the molecule is O=C(Cc1ccccc1)N1CCC[C@@H](c2nc3ccc(-c4ccncc4)cn3n2)C1. The van der Waals surface area contributed by atoms with Gasteiger partial charge in [0.2, 0.25) is 5.91 Å². The van der Waals surface area contributed by atoms with Crippen LogP contribution < -0.4 is 0 Å². The first-order chi connectivity index (χ1) is 14.8. The number of piperidine rings is 1. The molecule has 0 saturated carbocycles. The lowest BCUT2D eigenvalue weighted by atomic mass is 9.97. The summed E-state index contributed by atoms with van der Waals surface area (Å²) >= 11 is 0. The summed E-state index contributed by atoms with van der Waals surface area (Å²) in [5.41, 5.74) is 4.05. The van der Waals surface area contributed by atoms with E-state index in [4.69, 9.17) is 10.1 Å². The number of amides is 1. The molecule has 1 saturated heterocycles. The van der Waals surface area contributed by atoms with Crippen LogP contribution in [0.25, 0.3) is 16.8 Å². The highest BCUT2D eigenvalue weighted by atomic mass is 16.2. The van der Waals surface area contributed by atoms with E-state index in [0.717, 1.165) is 47.5 Å². The van der Waals surface area contributed by atoms with Crippen LogP contribution in [0.2, 0.25) is 0 Å². The Morgan fingerprint density at radius 1 is 1.00 bits per heavy atom. The molecule has 6 heteroatoms. The molecule has 150 valence electrons. The van der Waals surface area contributed by atoms with E-state index in [9.17, 15) is 4.79 Å². The molecule has 0 spiro atoms. The third-order valence-corrected chi connectivity index (χ3v) is 5.70. The number of carbonyl (C=O) groups is 1. The van der Waals surface area contributed by atoms with Crippen LogP contribution in [-0.4, -0.2) is 43.5 Å². The minimum Gasteiger partial charge on any atom is -0.342 e. The van der Waals surface area contributed by atoms with Gasteiger partial charge in [0.1, 0.15) is 0 Å². The monoisotopic (exact) mass is 397 g/mol. The number of carbonyl (C=O) groups excluding carboxylic acids is 1. The average Bonchev–Trinajstić information content (AvgIpc) is 3.24. The van der Waals surface area contributed by atoms with Crippen molar-refractivity contribution >= 4 is 11.6 Å². The number of rotatable bonds is 4. The zero-order chi connectivity index (χ0) is 20.3. The summed E-state index contributed by atoms with van der Waals surface area (Å²) in [6.07, 6.45) is 8.00. The molecule has 1 aliphatic rings. The maximum atomic E-state index is 12.8. The quantitative estimate of drug-likeness (QED) is 0.526. The van der Waals surface area contributed by atoms with Gasteiger partial charge < -0.3 is 4.90 Å². The molecule has 0 radical (unpaired) electrons. The Morgan fingerprint density at radius 3 is 2.67 bits per heavy atom. The van der Waals surface area contributed by atoms with E-state index in [0.29, 0.717) is 13.0 Å². The van der Waals surface area contributed by atoms with E-state index in [1.165, 1.54) is 0 Å². The van der Waals surface area contributed by atoms with Crippen LogP contribution in [0.5, 0.6) is 0 Å². The third-order valence-electron chi connectivity index (χ3n) is 5.70. The summed E-state index contributed by atoms with van der Waals surface area (Å²) in [5, 5.41) is 4.75. The molecule has 3 aromatic heterocycles. The summed E-state index contributed by atoms with van der Waals surface area (Å²) < 4.78 is 1.84. The van der Waals surface area contributed by atoms with Crippen molar-refractivity contribution in [3.63, 3.8) is 0 Å². The van der Waals surface area contributed by atoms with E-state index < -0.39 is 0 Å². The minimum atomic E-state index is 0.169. The maximum absolute atomic E-state index is 12.8. The Labute approximate surface area is 175 Å². The highest BCUT2D eigenvalue weighted by Gasteiger charge is 2.27. The zero-order valence-corrected chi connectivity index (χ0v) is 16.7. The molecule has 30 heavy (non-hydrogen) atoms. The van der Waals surface area contributed by atoms with E-state index in [2.05, 4.69) is 11.1 Å². The number of pyridine rings is 2. The van der Waals surface area contributed by atoms with Crippen molar-refractivity contribution in [3.8, 4) is 11.1 Å². The van der Waals surface area contributed by atoms with Crippen molar-refractivity contribution in [1.29, 1.82) is 0 Å². The average molecular weight is 397 g/mol. The fraction of sp³-hybridized carbons (Fsp3) is 0.250. The zero-order valence-electron chi connectivity index (χ0n) is 16.7. The van der Waals surface area contributed by atoms with Gasteiger partial charge in [-0.15, -0.1) is 0 Å². The normalized spacial score (nSPS) is 16.7. The Hall–Kier alpha value is -3.54. The highest BCUT2D eigenvalue weighted by Crippen LogP contribution is 2.26. The topological polar surface area (TPSA) is 63.4 Å². The van der Waals surface area contributed by atoms with Gasteiger partial charge in [0.05, 0.1) is 6.42 Å². The van der Waals surface area contributed by atoms with Crippen molar-refractivity contribution in [1.82, 2.24) is 24.5 Å². The highest BCUT2D eigenvalue weighted by molar-refractivity contribution is 5.79. The number of fused-ring (bicyclic) bond motifs is 1. The second-order valence-corrected chi connectivity index (χ2v) is 7.77. The molecular formula is C24H23N5O. The largest absolute Gasteiger partial charge is 0.342 e. The van der Waals surface area contributed by atoms with Crippen LogP contribution in [0.15, 0.2) is 73.2 Å². The molecule has 0 unspecified atom stereocenters. The fourth-order valence-electron chi connectivity index (χ4n) is 4.09. The second-order valence-electron chi connectivity index (χ2n) is 7.77. The first kappa shape index (κ1) is 18.5. The number of likely N-dealkylation sites (tertiary alicyclic amines) is 1. The Kier molecular flexibility index (Phi) is 4.97. The van der Waals surface area contributed by atoms with Gasteiger partial charge in [-0.1, -0.05) is 30.3 Å². The molecule has 0 aliphatic carbocycles. The lowest BCUT2D eigenvalue weighted by Gasteiger charge is -2.31. The van der Waals surface area contributed by atoms with E-state index >= 15 is 0 Å². The Bertz CT molecular complexity index is 1160. The van der Waals surface area contributed by atoms with Crippen molar-refractivity contribution in [2.45, 2.75) is 25.2 Å². The van der Waals surface area contributed by atoms with Gasteiger partial charge in [-0.05, 0) is 48.2 Å². The van der Waals surface area contributed by atoms with Crippen molar-refractivity contribution < 1.29 is 4.79 Å². The lowest BCUT2D eigenvalue weighted by Crippen LogP contribution is -2.40. The summed E-state index contributed by atoms with van der Waals surface area (Å²) in [4.78, 5) is 23.6. The summed E-state index contributed by atoms with van der Waals surface area (Å²) in [5.74, 6) is 1.16. The molecule has 1 aromatic carbocycles. The summed E-state index contributed by atoms with van der Waals surface area (Å²) in [6, 6.07) is 17.9. The van der Waals surface area contributed by atoms with E-state index in [1.54, 1.807) is 12.4 Å². The van der Waals surface area contributed by atoms with Gasteiger partial charge in [0.15, 0.2) is 11.5 Å². The predicted octanol–water partition coefficient (Wildman–Crippen LogP) is 3.74. The van der Waals surface area contributed by atoms with E-state index in [1.807, 2.05) is 64.1 Å². The second kappa shape index (κ2) is 8.06. The molecule has 1 fully saturated rings. The van der Waals surface area contributed by atoms with Crippen LogP contribution >= 0.6 is 0 Å². The van der Waals surface area contributed by atoms with Crippen LogP contribution in [0.3, 0.4) is 0 Å². The molecule has 1 atom stereocenters.